The van der Waals surface area contributed by atoms with E-state index in [1.165, 1.54) is 12.1 Å². The molecule has 1 N–H and O–H groups in total. The molecule has 0 unspecified atom stereocenters. The maximum absolute atomic E-state index is 13.5. The van der Waals surface area contributed by atoms with Crippen LogP contribution >= 0.6 is 43.2 Å². The zero-order chi connectivity index (χ0) is 14.5. The third kappa shape index (κ3) is 4.57. The van der Waals surface area contributed by atoms with Crippen LogP contribution in [0.3, 0.4) is 0 Å². The maximum Gasteiger partial charge on any atom is 0.258 e. The van der Waals surface area contributed by atoms with Crippen molar-refractivity contribution in [3.63, 3.8) is 0 Å². The van der Waals surface area contributed by atoms with E-state index in [-0.39, 0.29) is 18.3 Å². The predicted molar refractivity (Wildman–Crippen MR) is 83.5 cm³/mol. The molecule has 2 aromatic rings. The standard InChI is InChI=1S/C13H10Br2FNO2S/c14-8-1-3-11(10(16)5-8)19-7-13(18)17-6-9-2-4-12(15)20-9/h1-5H,6-7H2,(H,17,18). The Kier molecular flexibility index (Phi) is 5.56. The highest BCUT2D eigenvalue weighted by Gasteiger charge is 2.07. The summed E-state index contributed by atoms with van der Waals surface area (Å²) >= 11 is 8.05. The molecule has 2 rings (SSSR count). The third-order valence-electron chi connectivity index (χ3n) is 2.34. The van der Waals surface area contributed by atoms with E-state index in [9.17, 15) is 9.18 Å². The van der Waals surface area contributed by atoms with Gasteiger partial charge in [-0.05, 0) is 46.3 Å². The molecule has 0 fully saturated rings. The fourth-order valence-corrected chi connectivity index (χ4v) is 3.18. The molecule has 0 atom stereocenters. The summed E-state index contributed by atoms with van der Waals surface area (Å²) in [4.78, 5) is 12.6. The van der Waals surface area contributed by atoms with Crippen molar-refractivity contribution >= 4 is 49.1 Å². The smallest absolute Gasteiger partial charge is 0.258 e. The van der Waals surface area contributed by atoms with Crippen LogP contribution in [0, 0.1) is 5.82 Å². The number of carbonyl (C=O) groups excluding carboxylic acids is 1. The van der Waals surface area contributed by atoms with E-state index in [0.717, 1.165) is 8.66 Å². The first-order valence-electron chi connectivity index (χ1n) is 5.63. The van der Waals surface area contributed by atoms with Crippen LogP contribution in [0.1, 0.15) is 4.88 Å². The van der Waals surface area contributed by atoms with E-state index in [2.05, 4.69) is 37.2 Å². The van der Waals surface area contributed by atoms with Gasteiger partial charge in [0.2, 0.25) is 0 Å². The first kappa shape index (κ1) is 15.5. The minimum atomic E-state index is -0.505. The van der Waals surface area contributed by atoms with Crippen molar-refractivity contribution in [1.29, 1.82) is 0 Å². The lowest BCUT2D eigenvalue weighted by atomic mass is 10.3. The molecule has 0 aliphatic rings. The molecule has 1 aromatic carbocycles. The zero-order valence-corrected chi connectivity index (χ0v) is 14.1. The minimum absolute atomic E-state index is 0.0576. The Bertz CT molecular complexity index is 618. The summed E-state index contributed by atoms with van der Waals surface area (Å²) in [5, 5.41) is 2.71. The van der Waals surface area contributed by atoms with E-state index in [1.54, 1.807) is 17.4 Å². The van der Waals surface area contributed by atoms with Gasteiger partial charge in [-0.3, -0.25) is 4.79 Å². The lowest BCUT2D eigenvalue weighted by Gasteiger charge is -2.07. The first-order valence-corrected chi connectivity index (χ1v) is 8.03. The van der Waals surface area contributed by atoms with Crippen LogP contribution in [0.25, 0.3) is 0 Å². The Balaban J connectivity index is 1.80. The van der Waals surface area contributed by atoms with Crippen molar-refractivity contribution in [2.24, 2.45) is 0 Å². The van der Waals surface area contributed by atoms with E-state index >= 15 is 0 Å². The molecule has 20 heavy (non-hydrogen) atoms. The van der Waals surface area contributed by atoms with Crippen LogP contribution in [-0.4, -0.2) is 12.5 Å². The first-order chi connectivity index (χ1) is 9.54. The summed E-state index contributed by atoms with van der Waals surface area (Å²) in [6, 6.07) is 8.25. The van der Waals surface area contributed by atoms with Gasteiger partial charge >= 0.3 is 0 Å². The number of thiophene rings is 1. The van der Waals surface area contributed by atoms with Gasteiger partial charge in [0.25, 0.3) is 5.91 Å². The number of halogens is 3. The van der Waals surface area contributed by atoms with Crippen molar-refractivity contribution in [2.75, 3.05) is 6.61 Å². The van der Waals surface area contributed by atoms with E-state index in [4.69, 9.17) is 4.74 Å². The maximum atomic E-state index is 13.5. The van der Waals surface area contributed by atoms with E-state index < -0.39 is 5.82 Å². The molecule has 1 amide bonds. The number of ether oxygens (including phenoxy) is 1. The number of benzene rings is 1. The normalized spacial score (nSPS) is 10.3. The summed E-state index contributed by atoms with van der Waals surface area (Å²) in [6.07, 6.45) is 0. The summed E-state index contributed by atoms with van der Waals surface area (Å²) in [5.74, 6) is -0.742. The van der Waals surface area contributed by atoms with Crippen LogP contribution < -0.4 is 10.1 Å². The van der Waals surface area contributed by atoms with Crippen LogP contribution in [-0.2, 0) is 11.3 Å². The lowest BCUT2D eigenvalue weighted by Crippen LogP contribution is -2.28. The second kappa shape index (κ2) is 7.19. The molecule has 0 bridgehead atoms. The highest BCUT2D eigenvalue weighted by Crippen LogP contribution is 2.22. The Morgan fingerprint density at radius 1 is 1.30 bits per heavy atom. The Morgan fingerprint density at radius 2 is 2.10 bits per heavy atom. The number of carbonyl (C=O) groups is 1. The largest absolute Gasteiger partial charge is 0.481 e. The molecule has 0 aliphatic carbocycles. The zero-order valence-electron chi connectivity index (χ0n) is 10.2. The molecule has 7 heteroatoms. The Labute approximate surface area is 136 Å². The van der Waals surface area contributed by atoms with Gasteiger partial charge in [0.05, 0.1) is 10.3 Å². The minimum Gasteiger partial charge on any atom is -0.481 e. The molecule has 106 valence electrons. The fourth-order valence-electron chi connectivity index (χ4n) is 1.42. The summed E-state index contributed by atoms with van der Waals surface area (Å²) < 4.78 is 20.2. The summed E-state index contributed by atoms with van der Waals surface area (Å²) in [7, 11) is 0. The molecule has 0 spiro atoms. The highest BCUT2D eigenvalue weighted by molar-refractivity contribution is 9.11. The van der Waals surface area contributed by atoms with Gasteiger partial charge < -0.3 is 10.1 Å². The molecule has 0 aliphatic heterocycles. The molecule has 1 heterocycles. The molecular weight excluding hydrogens is 413 g/mol. The van der Waals surface area contributed by atoms with Gasteiger partial charge in [0.15, 0.2) is 18.2 Å². The fraction of sp³-hybridized carbons (Fsp3) is 0.154. The van der Waals surface area contributed by atoms with Crippen molar-refractivity contribution in [2.45, 2.75) is 6.54 Å². The van der Waals surface area contributed by atoms with Crippen LogP contribution in [0.2, 0.25) is 0 Å². The number of nitrogens with one attached hydrogen (secondary N) is 1. The Morgan fingerprint density at radius 3 is 2.75 bits per heavy atom. The average molecular weight is 423 g/mol. The van der Waals surface area contributed by atoms with Crippen molar-refractivity contribution in [3.05, 3.63) is 49.3 Å². The van der Waals surface area contributed by atoms with Gasteiger partial charge in [-0.25, -0.2) is 4.39 Å². The third-order valence-corrected chi connectivity index (χ3v) is 4.46. The van der Waals surface area contributed by atoms with Crippen LogP contribution in [0.15, 0.2) is 38.6 Å². The lowest BCUT2D eigenvalue weighted by molar-refractivity contribution is -0.123. The number of hydrogen-bond acceptors (Lipinski definition) is 3. The van der Waals surface area contributed by atoms with Gasteiger partial charge in [-0.1, -0.05) is 15.9 Å². The van der Waals surface area contributed by atoms with E-state index in [0.29, 0.717) is 11.0 Å². The monoisotopic (exact) mass is 421 g/mol. The van der Waals surface area contributed by atoms with Gasteiger partial charge in [-0.15, -0.1) is 11.3 Å². The van der Waals surface area contributed by atoms with Crippen molar-refractivity contribution in [3.8, 4) is 5.75 Å². The molecule has 3 nitrogen and oxygen atoms in total. The van der Waals surface area contributed by atoms with Gasteiger partial charge in [0.1, 0.15) is 0 Å². The predicted octanol–water partition coefficient (Wildman–Crippen LogP) is 4.11. The molecule has 1 aromatic heterocycles. The SMILES string of the molecule is O=C(COc1ccc(Br)cc1F)NCc1ccc(Br)s1. The molecular formula is C13H10Br2FNO2S. The van der Waals surface area contributed by atoms with Crippen molar-refractivity contribution in [1.82, 2.24) is 5.32 Å². The number of rotatable bonds is 5. The number of hydrogen-bond donors (Lipinski definition) is 1. The Hall–Kier alpha value is -0.920. The second-order valence-corrected chi connectivity index (χ2v) is 7.31. The van der Waals surface area contributed by atoms with E-state index in [1.807, 2.05) is 12.1 Å². The van der Waals surface area contributed by atoms with Gasteiger partial charge in [-0.2, -0.15) is 0 Å². The summed E-state index contributed by atoms with van der Waals surface area (Å²) in [6.45, 7) is 0.215. The highest BCUT2D eigenvalue weighted by atomic mass is 79.9. The van der Waals surface area contributed by atoms with Gasteiger partial charge in [0, 0.05) is 9.35 Å². The van der Waals surface area contributed by atoms with Crippen molar-refractivity contribution < 1.29 is 13.9 Å². The molecule has 0 radical (unpaired) electrons. The van der Waals surface area contributed by atoms with Crippen LogP contribution in [0.4, 0.5) is 4.39 Å². The summed E-state index contributed by atoms with van der Waals surface area (Å²) in [5.41, 5.74) is 0. The molecule has 0 saturated carbocycles. The quantitative estimate of drug-likeness (QED) is 0.787. The average Bonchev–Trinajstić information content (AvgIpc) is 2.81. The van der Waals surface area contributed by atoms with Crippen LogP contribution in [0.5, 0.6) is 5.75 Å². The second-order valence-electron chi connectivity index (χ2n) is 3.85. The topological polar surface area (TPSA) is 38.3 Å². The number of amides is 1. The molecule has 0 saturated heterocycles.